The second-order valence-corrected chi connectivity index (χ2v) is 8.58. The molecule has 0 heterocycles. The van der Waals surface area contributed by atoms with E-state index in [9.17, 15) is 0 Å². The SMILES string of the molecule is C1=Cc2cccc3cccc1c23.c1ccc2cc3c(cc2c1)-c1cccc2cccc-3c12. The molecule has 0 heteroatoms. The molecule has 2 aliphatic rings. The maximum Gasteiger partial charge on any atom is -0.00264 e. The summed E-state index contributed by atoms with van der Waals surface area (Å²) in [5, 5.41) is 8.11. The van der Waals surface area contributed by atoms with Gasteiger partial charge >= 0.3 is 0 Å². The summed E-state index contributed by atoms with van der Waals surface area (Å²) in [7, 11) is 0. The fourth-order valence-electron chi connectivity index (χ4n) is 5.33. The van der Waals surface area contributed by atoms with Gasteiger partial charge in [0.25, 0.3) is 0 Å². The third kappa shape index (κ3) is 2.50. The number of fused-ring (bicyclic) bond motifs is 4. The molecular weight excluding hydrogens is 384 g/mol. The Balaban J connectivity index is 0.000000128. The maximum absolute atomic E-state index is 2.33. The molecule has 0 amide bonds. The molecule has 0 saturated heterocycles. The number of rotatable bonds is 0. The van der Waals surface area contributed by atoms with Crippen LogP contribution in [0.25, 0.3) is 66.7 Å². The zero-order valence-electron chi connectivity index (χ0n) is 17.5. The molecule has 0 aliphatic heterocycles. The van der Waals surface area contributed by atoms with Crippen LogP contribution >= 0.6 is 0 Å². The molecule has 0 N–H and O–H groups in total. The average molecular weight is 405 g/mol. The van der Waals surface area contributed by atoms with Crippen molar-refractivity contribution < 1.29 is 0 Å². The summed E-state index contributed by atoms with van der Waals surface area (Å²) in [6.45, 7) is 0. The smallest absolute Gasteiger partial charge is 0.00264 e. The first-order valence-corrected chi connectivity index (χ1v) is 11.1. The van der Waals surface area contributed by atoms with Crippen LogP contribution in [0.2, 0.25) is 0 Å². The van der Waals surface area contributed by atoms with Gasteiger partial charge in [-0.05, 0) is 77.8 Å². The standard InChI is InChI=1S/C20H12.C12H8/c1-2-6-15-12-19-17-10-4-8-13-7-3-9-16(20(13)17)18(19)11-14(15)5-1;1-3-9-4-2-6-11-8-7-10(5-1)12(9)11/h1-12H;1-8H. The molecule has 148 valence electrons. The van der Waals surface area contributed by atoms with Crippen molar-refractivity contribution in [1.29, 1.82) is 0 Å². The molecule has 0 unspecified atom stereocenters. The zero-order valence-corrected chi connectivity index (χ0v) is 17.5. The van der Waals surface area contributed by atoms with E-state index in [1.807, 2.05) is 0 Å². The molecule has 0 saturated carbocycles. The summed E-state index contributed by atoms with van der Waals surface area (Å²) in [6, 6.07) is 39.3. The van der Waals surface area contributed by atoms with Crippen LogP contribution in [-0.2, 0) is 0 Å². The van der Waals surface area contributed by atoms with Crippen molar-refractivity contribution in [3.8, 4) is 22.3 Å². The van der Waals surface area contributed by atoms with Crippen molar-refractivity contribution >= 4 is 44.5 Å². The van der Waals surface area contributed by atoms with Crippen LogP contribution in [0.1, 0.15) is 11.1 Å². The van der Waals surface area contributed by atoms with Gasteiger partial charge in [0.1, 0.15) is 0 Å². The molecular formula is C32H20. The molecule has 0 bridgehead atoms. The quantitative estimate of drug-likeness (QED) is 0.237. The topological polar surface area (TPSA) is 0 Å². The predicted molar refractivity (Wildman–Crippen MR) is 139 cm³/mol. The minimum absolute atomic E-state index is 1.32. The van der Waals surface area contributed by atoms with E-state index in [4.69, 9.17) is 0 Å². The normalized spacial score (nSPS) is 12.2. The van der Waals surface area contributed by atoms with E-state index in [-0.39, 0.29) is 0 Å². The highest BCUT2D eigenvalue weighted by Gasteiger charge is 2.21. The lowest BCUT2D eigenvalue weighted by molar-refractivity contribution is 1.72. The minimum atomic E-state index is 1.32. The monoisotopic (exact) mass is 404 g/mol. The fourth-order valence-corrected chi connectivity index (χ4v) is 5.33. The zero-order chi connectivity index (χ0) is 21.1. The van der Waals surface area contributed by atoms with E-state index in [2.05, 4.69) is 121 Å². The van der Waals surface area contributed by atoms with Gasteiger partial charge in [-0.15, -0.1) is 0 Å². The Hall–Kier alpha value is -4.16. The first-order valence-electron chi connectivity index (χ1n) is 11.1. The van der Waals surface area contributed by atoms with E-state index >= 15 is 0 Å². The van der Waals surface area contributed by atoms with E-state index in [1.54, 1.807) is 0 Å². The first-order chi connectivity index (χ1) is 15.9. The summed E-state index contributed by atoms with van der Waals surface area (Å²) in [4.78, 5) is 0. The van der Waals surface area contributed by atoms with Crippen molar-refractivity contribution in [3.05, 3.63) is 120 Å². The second-order valence-electron chi connectivity index (χ2n) is 8.58. The first kappa shape index (κ1) is 17.5. The highest BCUT2D eigenvalue weighted by atomic mass is 14.2. The van der Waals surface area contributed by atoms with Crippen molar-refractivity contribution in [2.24, 2.45) is 0 Å². The van der Waals surface area contributed by atoms with Gasteiger partial charge in [0.15, 0.2) is 0 Å². The average Bonchev–Trinajstić information content (AvgIpc) is 3.41. The minimum Gasteiger partial charge on any atom is -0.0616 e. The predicted octanol–water partition coefficient (Wildman–Crippen LogP) is 8.96. The molecule has 32 heavy (non-hydrogen) atoms. The van der Waals surface area contributed by atoms with Crippen molar-refractivity contribution in [2.75, 3.05) is 0 Å². The summed E-state index contributed by atoms with van der Waals surface area (Å²) in [6.07, 6.45) is 4.36. The van der Waals surface area contributed by atoms with Crippen molar-refractivity contribution in [2.45, 2.75) is 0 Å². The Morgan fingerprint density at radius 1 is 0.312 bits per heavy atom. The Morgan fingerprint density at radius 2 is 0.750 bits per heavy atom. The van der Waals surface area contributed by atoms with Crippen LogP contribution in [0.4, 0.5) is 0 Å². The third-order valence-corrected chi connectivity index (χ3v) is 6.78. The lowest BCUT2D eigenvalue weighted by Gasteiger charge is -2.05. The summed E-state index contributed by atoms with van der Waals surface area (Å²) in [5.74, 6) is 0. The number of hydrogen-bond acceptors (Lipinski definition) is 0. The summed E-state index contributed by atoms with van der Waals surface area (Å²) < 4.78 is 0. The third-order valence-electron chi connectivity index (χ3n) is 6.78. The lowest BCUT2D eigenvalue weighted by Crippen LogP contribution is -1.78. The van der Waals surface area contributed by atoms with Gasteiger partial charge in [-0.3, -0.25) is 0 Å². The van der Waals surface area contributed by atoms with Gasteiger partial charge in [-0.25, -0.2) is 0 Å². The summed E-state index contributed by atoms with van der Waals surface area (Å²) >= 11 is 0. The van der Waals surface area contributed by atoms with Crippen LogP contribution in [0, 0.1) is 0 Å². The van der Waals surface area contributed by atoms with Crippen LogP contribution in [0.5, 0.6) is 0 Å². The van der Waals surface area contributed by atoms with Crippen molar-refractivity contribution in [1.82, 2.24) is 0 Å². The largest absolute Gasteiger partial charge is 0.0616 e. The molecule has 0 fully saturated rings. The van der Waals surface area contributed by atoms with Gasteiger partial charge in [-0.2, -0.15) is 0 Å². The van der Waals surface area contributed by atoms with E-state index < -0.39 is 0 Å². The van der Waals surface area contributed by atoms with Crippen LogP contribution in [-0.4, -0.2) is 0 Å². The fraction of sp³-hybridized carbons (Fsp3) is 0. The van der Waals surface area contributed by atoms with E-state index in [0.717, 1.165) is 0 Å². The van der Waals surface area contributed by atoms with Crippen molar-refractivity contribution in [3.63, 3.8) is 0 Å². The Kier molecular flexibility index (Phi) is 3.65. The highest BCUT2D eigenvalue weighted by Crippen LogP contribution is 2.48. The molecule has 8 rings (SSSR count). The highest BCUT2D eigenvalue weighted by molar-refractivity contribution is 6.17. The molecule has 6 aromatic rings. The summed E-state index contributed by atoms with van der Waals surface area (Å²) in [5.41, 5.74) is 8.19. The number of benzene rings is 6. The van der Waals surface area contributed by atoms with Crippen LogP contribution in [0.15, 0.2) is 109 Å². The molecule has 0 atom stereocenters. The molecule has 0 spiro atoms. The maximum atomic E-state index is 2.33. The number of hydrogen-bond donors (Lipinski definition) is 0. The van der Waals surface area contributed by atoms with Gasteiger partial charge in [0, 0.05) is 0 Å². The van der Waals surface area contributed by atoms with E-state index in [1.165, 1.54) is 65.7 Å². The molecule has 0 nitrogen and oxygen atoms in total. The Labute approximate surface area is 187 Å². The molecule has 0 radical (unpaired) electrons. The van der Waals surface area contributed by atoms with E-state index in [0.29, 0.717) is 0 Å². The molecule has 2 aliphatic carbocycles. The Morgan fingerprint density at radius 3 is 1.28 bits per heavy atom. The van der Waals surface area contributed by atoms with Crippen LogP contribution in [0.3, 0.4) is 0 Å². The molecule has 6 aromatic carbocycles. The second kappa shape index (κ2) is 6.67. The van der Waals surface area contributed by atoms with Gasteiger partial charge in [0.05, 0.1) is 0 Å². The van der Waals surface area contributed by atoms with Gasteiger partial charge < -0.3 is 0 Å². The Bertz CT molecular complexity index is 1600. The molecule has 0 aromatic heterocycles. The van der Waals surface area contributed by atoms with Gasteiger partial charge in [-0.1, -0.05) is 109 Å². The van der Waals surface area contributed by atoms with Gasteiger partial charge in [0.2, 0.25) is 0 Å². The van der Waals surface area contributed by atoms with Crippen LogP contribution < -0.4 is 0 Å². The lowest BCUT2D eigenvalue weighted by atomic mass is 9.99.